The maximum atomic E-state index is 13.4. The third-order valence-electron chi connectivity index (χ3n) is 6.44. The van der Waals surface area contributed by atoms with E-state index in [4.69, 9.17) is 0 Å². The lowest BCUT2D eigenvalue weighted by Crippen LogP contribution is -2.47. The number of nitrogens with one attached hydrogen (secondary N) is 1. The van der Waals surface area contributed by atoms with Crippen LogP contribution in [-0.2, 0) is 22.6 Å². The minimum atomic E-state index is -4.96. The summed E-state index contributed by atoms with van der Waals surface area (Å²) in [5.74, 6) is -0.409. The molecule has 1 amide bonds. The predicted octanol–water partition coefficient (Wildman–Crippen LogP) is 6.02. The van der Waals surface area contributed by atoms with Crippen LogP contribution in [0.5, 0.6) is 0 Å². The first kappa shape index (κ1) is 25.1. The van der Waals surface area contributed by atoms with E-state index in [1.165, 1.54) is 6.92 Å². The summed E-state index contributed by atoms with van der Waals surface area (Å²) in [4.78, 5) is 13.4. The number of rotatable bonds is 5. The molecule has 33 heavy (non-hydrogen) atoms. The highest BCUT2D eigenvalue weighted by Crippen LogP contribution is 2.43. The molecular weight excluding hydrogens is 448 g/mol. The van der Waals surface area contributed by atoms with Crippen molar-refractivity contribution in [2.75, 3.05) is 6.61 Å². The second-order valence-electron chi connectivity index (χ2n) is 8.61. The van der Waals surface area contributed by atoms with Crippen LogP contribution in [0.15, 0.2) is 48.5 Å². The second-order valence-corrected chi connectivity index (χ2v) is 8.61. The normalized spacial score (nSPS) is 22.6. The van der Waals surface area contributed by atoms with Gasteiger partial charge in [-0.05, 0) is 67.9 Å². The smallest absolute Gasteiger partial charge is 0.396 e. The Kier molecular flexibility index (Phi) is 7.12. The van der Waals surface area contributed by atoms with Gasteiger partial charge in [0.05, 0.1) is 22.6 Å². The van der Waals surface area contributed by atoms with E-state index < -0.39 is 40.8 Å². The van der Waals surface area contributed by atoms with Crippen molar-refractivity contribution < 1.29 is 36.2 Å². The summed E-state index contributed by atoms with van der Waals surface area (Å²) in [6, 6.07) is 9.17. The zero-order chi connectivity index (χ0) is 24.4. The van der Waals surface area contributed by atoms with Gasteiger partial charge in [-0.3, -0.25) is 4.79 Å². The van der Waals surface area contributed by atoms with Crippen molar-refractivity contribution in [1.82, 2.24) is 5.32 Å². The number of alkyl halides is 6. The summed E-state index contributed by atoms with van der Waals surface area (Å²) in [5, 5.41) is 12.1. The van der Waals surface area contributed by atoms with Crippen LogP contribution in [-0.4, -0.2) is 17.6 Å². The van der Waals surface area contributed by atoms with Gasteiger partial charge in [0.25, 0.3) is 0 Å². The quantitative estimate of drug-likeness (QED) is 0.522. The van der Waals surface area contributed by atoms with Crippen LogP contribution in [0.25, 0.3) is 0 Å². The van der Waals surface area contributed by atoms with Gasteiger partial charge in [-0.1, -0.05) is 30.3 Å². The van der Waals surface area contributed by atoms with E-state index in [2.05, 4.69) is 5.32 Å². The molecule has 0 aliphatic heterocycles. The Labute approximate surface area is 187 Å². The van der Waals surface area contributed by atoms with E-state index >= 15 is 0 Å². The molecule has 0 saturated heterocycles. The van der Waals surface area contributed by atoms with Gasteiger partial charge in [-0.15, -0.1) is 0 Å². The largest absolute Gasteiger partial charge is 0.416 e. The van der Waals surface area contributed by atoms with E-state index in [0.717, 1.165) is 5.56 Å². The summed E-state index contributed by atoms with van der Waals surface area (Å²) >= 11 is 0. The fourth-order valence-electron chi connectivity index (χ4n) is 4.40. The van der Waals surface area contributed by atoms with Gasteiger partial charge in [0.1, 0.15) is 0 Å². The highest BCUT2D eigenvalue weighted by atomic mass is 19.4. The van der Waals surface area contributed by atoms with E-state index in [-0.39, 0.29) is 24.2 Å². The SMILES string of the molecule is CC(NC(=O)[C@]1(c2ccccc2)CC[C@H](CO)CC1)c1cc(C(F)(F)F)cc(C(F)(F)F)c1. The molecule has 0 spiro atoms. The Morgan fingerprint density at radius 1 is 1.00 bits per heavy atom. The van der Waals surface area contributed by atoms with Crippen LogP contribution >= 0.6 is 0 Å². The third-order valence-corrected chi connectivity index (χ3v) is 6.44. The number of benzene rings is 2. The molecule has 2 aromatic rings. The van der Waals surface area contributed by atoms with E-state index in [1.807, 2.05) is 0 Å². The Balaban J connectivity index is 1.94. The molecule has 0 heterocycles. The number of hydrogen-bond acceptors (Lipinski definition) is 2. The Hall–Kier alpha value is -2.55. The zero-order valence-electron chi connectivity index (χ0n) is 17.9. The number of aliphatic hydroxyl groups is 1. The molecule has 2 N–H and O–H groups in total. The van der Waals surface area contributed by atoms with Crippen LogP contribution in [0.1, 0.15) is 60.9 Å². The summed E-state index contributed by atoms with van der Waals surface area (Å²) in [6.07, 6.45) is -7.94. The van der Waals surface area contributed by atoms with Gasteiger partial charge in [0, 0.05) is 6.61 Å². The fraction of sp³-hybridized carbons (Fsp3) is 0.458. The Morgan fingerprint density at radius 3 is 1.97 bits per heavy atom. The maximum absolute atomic E-state index is 13.4. The van der Waals surface area contributed by atoms with Crippen molar-refractivity contribution in [3.63, 3.8) is 0 Å². The van der Waals surface area contributed by atoms with Crippen LogP contribution in [0.2, 0.25) is 0 Å². The Morgan fingerprint density at radius 2 is 1.52 bits per heavy atom. The van der Waals surface area contributed by atoms with Crippen molar-refractivity contribution in [3.05, 3.63) is 70.8 Å². The number of amides is 1. The van der Waals surface area contributed by atoms with E-state index in [9.17, 15) is 36.2 Å². The van der Waals surface area contributed by atoms with Crippen molar-refractivity contribution in [2.24, 2.45) is 5.92 Å². The molecule has 0 aromatic heterocycles. The summed E-state index contributed by atoms with van der Waals surface area (Å²) in [6.45, 7) is 1.36. The molecule has 1 atom stereocenters. The highest BCUT2D eigenvalue weighted by Gasteiger charge is 2.44. The van der Waals surface area contributed by atoms with Gasteiger partial charge >= 0.3 is 12.4 Å². The molecule has 3 rings (SSSR count). The van der Waals surface area contributed by atoms with Gasteiger partial charge in [-0.2, -0.15) is 26.3 Å². The average molecular weight is 473 g/mol. The number of carbonyl (C=O) groups is 1. The molecular formula is C24H25F6NO2. The molecule has 180 valence electrons. The first-order chi connectivity index (χ1) is 15.4. The van der Waals surface area contributed by atoms with Crippen LogP contribution in [0.3, 0.4) is 0 Å². The lowest BCUT2D eigenvalue weighted by molar-refractivity contribution is -0.143. The molecule has 1 aliphatic rings. The van der Waals surface area contributed by atoms with E-state index in [1.54, 1.807) is 30.3 Å². The number of aliphatic hydroxyl groups excluding tert-OH is 1. The van der Waals surface area contributed by atoms with E-state index in [0.29, 0.717) is 37.8 Å². The van der Waals surface area contributed by atoms with Crippen LogP contribution in [0, 0.1) is 5.92 Å². The molecule has 0 radical (unpaired) electrons. The van der Waals surface area contributed by atoms with Crippen molar-refractivity contribution in [3.8, 4) is 0 Å². The molecule has 3 nitrogen and oxygen atoms in total. The standard InChI is InChI=1S/C24H25F6NO2/c1-15(17-11-19(23(25,26)27)13-20(12-17)24(28,29)30)31-21(33)22(18-5-3-2-4-6-18)9-7-16(14-32)8-10-22/h2-6,11-13,15-16,32H,7-10,14H2,1H3,(H,31,33)/t15?,16-,22+. The third kappa shape index (κ3) is 5.51. The first-order valence-electron chi connectivity index (χ1n) is 10.6. The first-order valence-corrected chi connectivity index (χ1v) is 10.6. The van der Waals surface area contributed by atoms with Crippen molar-refractivity contribution in [1.29, 1.82) is 0 Å². The number of hydrogen-bond donors (Lipinski definition) is 2. The minimum absolute atomic E-state index is 0.00660. The molecule has 1 unspecified atom stereocenters. The zero-order valence-corrected chi connectivity index (χ0v) is 17.9. The van der Waals surface area contributed by atoms with Crippen molar-refractivity contribution >= 4 is 5.91 Å². The highest BCUT2D eigenvalue weighted by molar-refractivity contribution is 5.88. The fourth-order valence-corrected chi connectivity index (χ4v) is 4.40. The molecule has 1 fully saturated rings. The van der Waals surface area contributed by atoms with Gasteiger partial charge in [0.2, 0.25) is 5.91 Å². The lowest BCUT2D eigenvalue weighted by Gasteiger charge is -2.39. The topological polar surface area (TPSA) is 49.3 Å². The average Bonchev–Trinajstić information content (AvgIpc) is 2.78. The predicted molar refractivity (Wildman–Crippen MR) is 110 cm³/mol. The number of carbonyl (C=O) groups excluding carboxylic acids is 1. The van der Waals surface area contributed by atoms with Crippen LogP contribution < -0.4 is 5.32 Å². The second kappa shape index (κ2) is 9.37. The molecule has 1 aliphatic carbocycles. The van der Waals surface area contributed by atoms with Crippen LogP contribution in [0.4, 0.5) is 26.3 Å². The maximum Gasteiger partial charge on any atom is 0.416 e. The summed E-state index contributed by atoms with van der Waals surface area (Å²) < 4.78 is 79.4. The number of halogens is 6. The molecule has 1 saturated carbocycles. The molecule has 2 aromatic carbocycles. The molecule has 9 heteroatoms. The lowest BCUT2D eigenvalue weighted by atomic mass is 9.66. The van der Waals surface area contributed by atoms with Gasteiger partial charge in [0.15, 0.2) is 0 Å². The van der Waals surface area contributed by atoms with Gasteiger partial charge < -0.3 is 10.4 Å². The summed E-state index contributed by atoms with van der Waals surface area (Å²) in [7, 11) is 0. The monoisotopic (exact) mass is 473 g/mol. The minimum Gasteiger partial charge on any atom is -0.396 e. The van der Waals surface area contributed by atoms with Gasteiger partial charge in [-0.25, -0.2) is 0 Å². The Bertz CT molecular complexity index is 931. The summed E-state index contributed by atoms with van der Waals surface area (Å²) in [5.41, 5.74) is -3.37. The van der Waals surface area contributed by atoms with Crippen molar-refractivity contribution in [2.45, 2.75) is 56.4 Å². The molecule has 0 bridgehead atoms.